The summed E-state index contributed by atoms with van der Waals surface area (Å²) >= 11 is 0. The lowest BCUT2D eigenvalue weighted by Crippen LogP contribution is -2.38. The normalized spacial score (nSPS) is 15.2. The molecule has 0 unspecified atom stereocenters. The molecule has 1 aromatic heterocycles. The van der Waals surface area contributed by atoms with E-state index in [4.69, 9.17) is 5.73 Å². The van der Waals surface area contributed by atoms with Gasteiger partial charge in [0.2, 0.25) is 5.91 Å². The average molecular weight is 176 g/mol. The fourth-order valence-electron chi connectivity index (χ4n) is 1.16. The summed E-state index contributed by atoms with van der Waals surface area (Å²) in [6.07, 6.45) is 3.67. The van der Waals surface area contributed by atoms with Gasteiger partial charge in [-0.25, -0.2) is 4.98 Å². The number of hydrogen-bond acceptors (Lipinski definition) is 3. The number of rotatable bonds is 2. The lowest BCUT2D eigenvalue weighted by atomic mass is 10.2. The third-order valence-electron chi connectivity index (χ3n) is 2.06. The summed E-state index contributed by atoms with van der Waals surface area (Å²) in [5.74, 6) is 0.460. The second kappa shape index (κ2) is 3.05. The van der Waals surface area contributed by atoms with E-state index in [1.54, 1.807) is 6.07 Å². The molecular weight excluding hydrogens is 166 g/mol. The molecule has 0 aromatic carbocycles. The minimum absolute atomic E-state index is 0.436. The number of pyridine rings is 1. The molecule has 1 saturated heterocycles. The van der Waals surface area contributed by atoms with Crippen molar-refractivity contribution in [1.82, 2.24) is 4.98 Å². The van der Waals surface area contributed by atoms with Crippen LogP contribution in [0, 0.1) is 6.42 Å². The number of hydrogen-bond donors (Lipinski definition) is 1. The monoisotopic (exact) mass is 176 g/mol. The van der Waals surface area contributed by atoms with Crippen molar-refractivity contribution in [2.75, 3.05) is 18.0 Å². The van der Waals surface area contributed by atoms with Crippen LogP contribution in [-0.4, -0.2) is 24.0 Å². The summed E-state index contributed by atoms with van der Waals surface area (Å²) in [7, 11) is 0. The van der Waals surface area contributed by atoms with E-state index in [-0.39, 0.29) is 0 Å². The quantitative estimate of drug-likeness (QED) is 0.700. The molecule has 0 bridgehead atoms. The molecule has 1 aromatic rings. The van der Waals surface area contributed by atoms with Crippen molar-refractivity contribution in [2.24, 2.45) is 5.73 Å². The molecule has 67 valence electrons. The Labute approximate surface area is 76.4 Å². The molecule has 1 amide bonds. The van der Waals surface area contributed by atoms with Gasteiger partial charge in [0.05, 0.1) is 5.56 Å². The van der Waals surface area contributed by atoms with Crippen molar-refractivity contribution < 1.29 is 4.79 Å². The SMILES string of the molecule is NC(=O)c1ccc(N2C[CH]C2)nc1. The number of primary amides is 1. The van der Waals surface area contributed by atoms with Crippen LogP contribution < -0.4 is 10.6 Å². The maximum Gasteiger partial charge on any atom is 0.250 e. The number of aromatic nitrogens is 1. The van der Waals surface area contributed by atoms with Crippen molar-refractivity contribution in [3.63, 3.8) is 0 Å². The first kappa shape index (κ1) is 8.04. The van der Waals surface area contributed by atoms with Crippen molar-refractivity contribution in [2.45, 2.75) is 0 Å². The van der Waals surface area contributed by atoms with E-state index >= 15 is 0 Å². The molecule has 4 nitrogen and oxygen atoms in total. The zero-order chi connectivity index (χ0) is 9.26. The predicted molar refractivity (Wildman–Crippen MR) is 49.3 cm³/mol. The molecule has 0 spiro atoms. The van der Waals surface area contributed by atoms with Gasteiger partial charge in [0.1, 0.15) is 5.82 Å². The zero-order valence-corrected chi connectivity index (χ0v) is 7.10. The van der Waals surface area contributed by atoms with Crippen molar-refractivity contribution in [1.29, 1.82) is 0 Å². The minimum atomic E-state index is -0.436. The molecule has 1 aliphatic heterocycles. The highest BCUT2D eigenvalue weighted by Gasteiger charge is 2.15. The standard InChI is InChI=1S/C9H10N3O/c10-9(13)7-2-3-8(11-6-7)12-4-1-5-12/h1-3,6H,4-5H2,(H2,10,13). The molecule has 0 aliphatic carbocycles. The molecule has 1 aliphatic rings. The van der Waals surface area contributed by atoms with E-state index in [9.17, 15) is 4.79 Å². The Hall–Kier alpha value is -1.58. The van der Waals surface area contributed by atoms with Gasteiger partial charge in [-0.1, -0.05) is 0 Å². The molecule has 2 N–H and O–H groups in total. The van der Waals surface area contributed by atoms with Crippen LogP contribution >= 0.6 is 0 Å². The number of carbonyl (C=O) groups is 1. The average Bonchev–Trinajstić information content (AvgIpc) is 2.02. The summed E-state index contributed by atoms with van der Waals surface area (Å²) < 4.78 is 0. The smallest absolute Gasteiger partial charge is 0.250 e. The Balaban J connectivity index is 2.17. The molecule has 2 rings (SSSR count). The highest BCUT2D eigenvalue weighted by atomic mass is 16.1. The molecule has 1 radical (unpaired) electrons. The van der Waals surface area contributed by atoms with E-state index in [2.05, 4.69) is 16.3 Å². The van der Waals surface area contributed by atoms with E-state index in [1.165, 1.54) is 6.20 Å². The Bertz CT molecular complexity index is 316. The van der Waals surface area contributed by atoms with Gasteiger partial charge in [0.25, 0.3) is 0 Å². The number of nitrogens with zero attached hydrogens (tertiary/aromatic N) is 2. The first-order valence-electron chi connectivity index (χ1n) is 4.10. The second-order valence-electron chi connectivity index (χ2n) is 2.96. The Morgan fingerprint density at radius 3 is 2.62 bits per heavy atom. The van der Waals surface area contributed by atoms with Crippen LogP contribution in [0.1, 0.15) is 10.4 Å². The van der Waals surface area contributed by atoms with Gasteiger partial charge in [0.15, 0.2) is 0 Å². The minimum Gasteiger partial charge on any atom is -0.366 e. The molecule has 13 heavy (non-hydrogen) atoms. The van der Waals surface area contributed by atoms with Gasteiger partial charge in [0, 0.05) is 25.7 Å². The predicted octanol–water partition coefficient (Wildman–Crippen LogP) is 0.205. The topological polar surface area (TPSA) is 59.2 Å². The molecule has 1 fully saturated rings. The number of carbonyl (C=O) groups excluding carboxylic acids is 1. The lowest BCUT2D eigenvalue weighted by Gasteiger charge is -2.31. The number of anilines is 1. The summed E-state index contributed by atoms with van der Waals surface area (Å²) in [5.41, 5.74) is 5.54. The van der Waals surface area contributed by atoms with Crippen LogP contribution in [0.2, 0.25) is 0 Å². The Morgan fingerprint density at radius 2 is 2.23 bits per heavy atom. The van der Waals surface area contributed by atoms with Gasteiger partial charge < -0.3 is 10.6 Å². The largest absolute Gasteiger partial charge is 0.366 e. The lowest BCUT2D eigenvalue weighted by molar-refractivity contribution is 0.1000. The fourth-order valence-corrected chi connectivity index (χ4v) is 1.16. The van der Waals surface area contributed by atoms with Crippen LogP contribution in [0.5, 0.6) is 0 Å². The summed E-state index contributed by atoms with van der Waals surface area (Å²) in [6.45, 7) is 1.87. The maximum absolute atomic E-state index is 10.7. The maximum atomic E-state index is 10.7. The van der Waals surface area contributed by atoms with Crippen LogP contribution in [0.25, 0.3) is 0 Å². The van der Waals surface area contributed by atoms with Gasteiger partial charge in [-0.2, -0.15) is 0 Å². The van der Waals surface area contributed by atoms with Crippen LogP contribution in [0.3, 0.4) is 0 Å². The first-order chi connectivity index (χ1) is 6.27. The molecule has 0 saturated carbocycles. The van der Waals surface area contributed by atoms with Gasteiger partial charge >= 0.3 is 0 Å². The molecule has 0 atom stereocenters. The zero-order valence-electron chi connectivity index (χ0n) is 7.10. The van der Waals surface area contributed by atoms with Crippen molar-refractivity contribution in [3.05, 3.63) is 30.3 Å². The van der Waals surface area contributed by atoms with E-state index in [0.29, 0.717) is 5.56 Å². The second-order valence-corrected chi connectivity index (χ2v) is 2.96. The molecule has 2 heterocycles. The van der Waals surface area contributed by atoms with Crippen LogP contribution in [-0.2, 0) is 0 Å². The van der Waals surface area contributed by atoms with E-state index < -0.39 is 5.91 Å². The van der Waals surface area contributed by atoms with E-state index in [0.717, 1.165) is 18.9 Å². The summed E-state index contributed by atoms with van der Waals surface area (Å²) in [5, 5.41) is 0. The van der Waals surface area contributed by atoms with Crippen LogP contribution in [0.15, 0.2) is 18.3 Å². The molecule has 4 heteroatoms. The third kappa shape index (κ3) is 1.47. The Kier molecular flexibility index (Phi) is 1.88. The first-order valence-corrected chi connectivity index (χ1v) is 4.10. The summed E-state index contributed by atoms with van der Waals surface area (Å²) in [6, 6.07) is 3.51. The summed E-state index contributed by atoms with van der Waals surface area (Å²) in [4.78, 5) is 17.0. The van der Waals surface area contributed by atoms with E-state index in [1.807, 2.05) is 6.07 Å². The van der Waals surface area contributed by atoms with Gasteiger partial charge in [-0.15, -0.1) is 0 Å². The number of nitrogens with two attached hydrogens (primary N) is 1. The fraction of sp³-hybridized carbons (Fsp3) is 0.222. The van der Waals surface area contributed by atoms with Crippen LogP contribution in [0.4, 0.5) is 5.82 Å². The van der Waals surface area contributed by atoms with Gasteiger partial charge in [-0.05, 0) is 12.1 Å². The highest BCUT2D eigenvalue weighted by molar-refractivity contribution is 5.92. The third-order valence-corrected chi connectivity index (χ3v) is 2.06. The highest BCUT2D eigenvalue weighted by Crippen LogP contribution is 2.16. The van der Waals surface area contributed by atoms with Gasteiger partial charge in [-0.3, -0.25) is 4.79 Å². The Morgan fingerprint density at radius 1 is 1.46 bits per heavy atom. The molecular formula is C9H10N3O. The van der Waals surface area contributed by atoms with Crippen molar-refractivity contribution in [3.8, 4) is 0 Å². The number of amides is 1. The van der Waals surface area contributed by atoms with Crippen molar-refractivity contribution >= 4 is 11.7 Å².